The van der Waals surface area contributed by atoms with Crippen molar-refractivity contribution in [3.05, 3.63) is 0 Å². The van der Waals surface area contributed by atoms with Crippen molar-refractivity contribution in [3.63, 3.8) is 0 Å². The van der Waals surface area contributed by atoms with Gasteiger partial charge in [-0.05, 0) is 0 Å². The van der Waals surface area contributed by atoms with Crippen LogP contribution in [0.15, 0.2) is 0 Å². The molecule has 0 aliphatic carbocycles. The summed E-state index contributed by atoms with van der Waals surface area (Å²) in [6, 6.07) is 0. The Balaban J connectivity index is -0.0000000326. The second-order valence-corrected chi connectivity index (χ2v) is 2.25. The molecular weight excluding hydrogens is 202 g/mol. The van der Waals surface area contributed by atoms with Crippen LogP contribution in [0, 0.1) is 0 Å². The SMILES string of the molecule is ClCCl.O=S(=O)(O)O.[H-].[Na+]. The molecule has 0 atom stereocenters. The molecule has 8 heteroatoms. The van der Waals surface area contributed by atoms with Gasteiger partial charge in [0.2, 0.25) is 0 Å². The maximum atomic E-state index is 8.74. The zero-order chi connectivity index (χ0) is 7.21. The number of rotatable bonds is 0. The van der Waals surface area contributed by atoms with Crippen LogP contribution < -0.4 is 29.6 Å². The molecule has 9 heavy (non-hydrogen) atoms. The number of hydrogen-bond donors (Lipinski definition) is 2. The Bertz CT molecular complexity index is 117. The molecule has 0 saturated carbocycles. The van der Waals surface area contributed by atoms with Gasteiger partial charge in [0.1, 0.15) is 0 Å². The number of hydrogen-bond acceptors (Lipinski definition) is 2. The monoisotopic (exact) mass is 206 g/mol. The molecule has 4 nitrogen and oxygen atoms in total. The fourth-order valence-corrected chi connectivity index (χ4v) is 0. The van der Waals surface area contributed by atoms with E-state index in [0.717, 1.165) is 0 Å². The van der Waals surface area contributed by atoms with Crippen LogP contribution in [0.5, 0.6) is 0 Å². The van der Waals surface area contributed by atoms with Gasteiger partial charge in [0.05, 0.1) is 5.34 Å². The predicted octanol–water partition coefficient (Wildman–Crippen LogP) is -2.11. The summed E-state index contributed by atoms with van der Waals surface area (Å²) in [5.41, 5.74) is 0. The Hall–Kier alpha value is 1.45. The van der Waals surface area contributed by atoms with Crippen LogP contribution in [-0.4, -0.2) is 22.9 Å². The van der Waals surface area contributed by atoms with E-state index >= 15 is 0 Å². The molecule has 0 amide bonds. The van der Waals surface area contributed by atoms with Crippen LogP contribution in [0.1, 0.15) is 1.43 Å². The minimum atomic E-state index is -4.67. The van der Waals surface area contributed by atoms with E-state index < -0.39 is 10.4 Å². The Morgan fingerprint density at radius 2 is 1.33 bits per heavy atom. The van der Waals surface area contributed by atoms with Crippen LogP contribution in [0.2, 0.25) is 0 Å². The standard InChI is InChI=1S/CH2Cl2.Na.H2O4S.H/c2-1-3;;1-5(2,3)4;/h1H2;;(H2,1,2,3,4);/q;+1;;-1. The van der Waals surface area contributed by atoms with Gasteiger partial charge < -0.3 is 1.43 Å². The summed E-state index contributed by atoms with van der Waals surface area (Å²) in [4.78, 5) is 0. The molecule has 0 aromatic carbocycles. The summed E-state index contributed by atoms with van der Waals surface area (Å²) in [6.07, 6.45) is 0. The van der Waals surface area contributed by atoms with Crippen molar-refractivity contribution in [1.82, 2.24) is 0 Å². The fourth-order valence-electron chi connectivity index (χ4n) is 0. The zero-order valence-electron chi connectivity index (χ0n) is 5.58. The van der Waals surface area contributed by atoms with Gasteiger partial charge in [-0.3, -0.25) is 9.11 Å². The number of alkyl halides is 2. The molecule has 54 valence electrons. The van der Waals surface area contributed by atoms with Crippen LogP contribution in [-0.2, 0) is 10.4 Å². The fraction of sp³-hybridized carbons (Fsp3) is 1.00. The molecular formula is CH5Cl2NaO4S. The first-order valence-electron chi connectivity index (χ1n) is 1.23. The van der Waals surface area contributed by atoms with E-state index in [-0.39, 0.29) is 36.3 Å². The van der Waals surface area contributed by atoms with E-state index in [4.69, 9.17) is 40.7 Å². The van der Waals surface area contributed by atoms with E-state index in [1.165, 1.54) is 0 Å². The Labute approximate surface area is 86.9 Å². The second kappa shape index (κ2) is 9.45. The van der Waals surface area contributed by atoms with Gasteiger partial charge >= 0.3 is 40.0 Å². The van der Waals surface area contributed by atoms with Gasteiger partial charge in [-0.25, -0.2) is 0 Å². The van der Waals surface area contributed by atoms with Crippen molar-refractivity contribution in [3.8, 4) is 0 Å². The Kier molecular flexibility index (Phi) is 17.7. The third kappa shape index (κ3) is 249. The van der Waals surface area contributed by atoms with Gasteiger partial charge in [-0.1, -0.05) is 0 Å². The maximum Gasteiger partial charge on any atom is 1.00 e. The molecule has 0 aliphatic heterocycles. The minimum Gasteiger partial charge on any atom is -1.00 e. The quantitative estimate of drug-likeness (QED) is 0.270. The molecule has 0 saturated heterocycles. The zero-order valence-corrected chi connectivity index (χ0v) is 8.91. The van der Waals surface area contributed by atoms with Gasteiger partial charge in [-0.15, -0.1) is 23.2 Å². The van der Waals surface area contributed by atoms with Gasteiger partial charge in [0.15, 0.2) is 0 Å². The van der Waals surface area contributed by atoms with Crippen LogP contribution in [0.3, 0.4) is 0 Å². The molecule has 0 aromatic rings. The predicted molar refractivity (Wildman–Crippen MR) is 31.9 cm³/mol. The van der Waals surface area contributed by atoms with Crippen LogP contribution >= 0.6 is 23.2 Å². The molecule has 0 aliphatic rings. The molecule has 0 rings (SSSR count). The summed E-state index contributed by atoms with van der Waals surface area (Å²) in [5.74, 6) is 0. The van der Waals surface area contributed by atoms with E-state index in [2.05, 4.69) is 0 Å². The second-order valence-electron chi connectivity index (χ2n) is 0.549. The molecule has 0 bridgehead atoms. The first-order valence-corrected chi connectivity index (χ1v) is 3.70. The van der Waals surface area contributed by atoms with Crippen molar-refractivity contribution < 1.29 is 48.5 Å². The van der Waals surface area contributed by atoms with Crippen molar-refractivity contribution in [2.75, 3.05) is 5.34 Å². The minimum absolute atomic E-state index is 0. The number of halogens is 2. The molecule has 0 aromatic heterocycles. The molecule has 0 unspecified atom stereocenters. The molecule has 2 N–H and O–H groups in total. The summed E-state index contributed by atoms with van der Waals surface area (Å²) in [7, 11) is -4.67. The smallest absolute Gasteiger partial charge is 1.00 e. The van der Waals surface area contributed by atoms with E-state index in [0.29, 0.717) is 0 Å². The molecule has 0 heterocycles. The van der Waals surface area contributed by atoms with E-state index in [9.17, 15) is 0 Å². The summed E-state index contributed by atoms with van der Waals surface area (Å²) in [5, 5.41) is 0.194. The Morgan fingerprint density at radius 3 is 1.33 bits per heavy atom. The molecule has 0 radical (unpaired) electrons. The third-order valence-electron chi connectivity index (χ3n) is 0. The summed E-state index contributed by atoms with van der Waals surface area (Å²) in [6.45, 7) is 0. The maximum absolute atomic E-state index is 8.74. The van der Waals surface area contributed by atoms with Crippen molar-refractivity contribution in [2.24, 2.45) is 0 Å². The third-order valence-corrected chi connectivity index (χ3v) is 0. The Morgan fingerprint density at radius 1 is 1.33 bits per heavy atom. The first kappa shape index (κ1) is 16.8. The molecule has 0 fully saturated rings. The topological polar surface area (TPSA) is 74.6 Å². The van der Waals surface area contributed by atoms with Crippen molar-refractivity contribution >= 4 is 33.6 Å². The van der Waals surface area contributed by atoms with E-state index in [1.54, 1.807) is 0 Å². The average molecular weight is 207 g/mol. The average Bonchev–Trinajstić information content (AvgIpc) is 1.27. The molecule has 0 spiro atoms. The van der Waals surface area contributed by atoms with Crippen molar-refractivity contribution in [2.45, 2.75) is 0 Å². The summed E-state index contributed by atoms with van der Waals surface area (Å²) < 4.78 is 31.6. The van der Waals surface area contributed by atoms with Gasteiger partial charge in [0, 0.05) is 0 Å². The van der Waals surface area contributed by atoms with E-state index in [1.807, 2.05) is 0 Å². The van der Waals surface area contributed by atoms with Gasteiger partial charge in [0.25, 0.3) is 0 Å². The first-order chi connectivity index (χ1) is 3.41. The van der Waals surface area contributed by atoms with Crippen molar-refractivity contribution in [1.29, 1.82) is 0 Å². The summed E-state index contributed by atoms with van der Waals surface area (Å²) >= 11 is 9.53. The normalized spacial score (nSPS) is 8.44. The van der Waals surface area contributed by atoms with Crippen LogP contribution in [0.25, 0.3) is 0 Å². The van der Waals surface area contributed by atoms with Crippen LogP contribution in [0.4, 0.5) is 0 Å². The largest absolute Gasteiger partial charge is 1.00 e. The van der Waals surface area contributed by atoms with Gasteiger partial charge in [-0.2, -0.15) is 8.42 Å².